The Morgan fingerprint density at radius 2 is 2.05 bits per heavy atom. The standard InChI is InChI=1S/C16H17ClFNO/c1-10-8-12(11(2)19)6-7-15(10)20-9-13-4-3-5-14(18)16(13)17/h3-8,11H,9,19H2,1-2H3/t11-/m0/s1. The average molecular weight is 294 g/mol. The fourth-order valence-corrected chi connectivity index (χ4v) is 2.11. The van der Waals surface area contributed by atoms with E-state index in [2.05, 4.69) is 0 Å². The molecular formula is C16H17ClFNO. The molecule has 0 radical (unpaired) electrons. The molecule has 0 aliphatic rings. The lowest BCUT2D eigenvalue weighted by molar-refractivity contribution is 0.303. The van der Waals surface area contributed by atoms with Gasteiger partial charge in [0.1, 0.15) is 18.2 Å². The van der Waals surface area contributed by atoms with Gasteiger partial charge in [-0.05, 0) is 37.1 Å². The van der Waals surface area contributed by atoms with Gasteiger partial charge < -0.3 is 10.5 Å². The van der Waals surface area contributed by atoms with E-state index in [1.807, 2.05) is 32.0 Å². The van der Waals surface area contributed by atoms with Gasteiger partial charge in [0, 0.05) is 11.6 Å². The van der Waals surface area contributed by atoms with Crippen LogP contribution in [-0.2, 0) is 6.61 Å². The maximum atomic E-state index is 13.3. The lowest BCUT2D eigenvalue weighted by atomic mass is 10.1. The van der Waals surface area contributed by atoms with Gasteiger partial charge in [0.25, 0.3) is 0 Å². The van der Waals surface area contributed by atoms with E-state index in [-0.39, 0.29) is 17.7 Å². The van der Waals surface area contributed by atoms with E-state index in [4.69, 9.17) is 22.1 Å². The van der Waals surface area contributed by atoms with E-state index in [1.54, 1.807) is 12.1 Å². The molecule has 0 saturated carbocycles. The highest BCUT2D eigenvalue weighted by molar-refractivity contribution is 6.31. The van der Waals surface area contributed by atoms with Crippen LogP contribution in [0, 0.1) is 12.7 Å². The molecule has 0 saturated heterocycles. The lowest BCUT2D eigenvalue weighted by Gasteiger charge is -2.13. The zero-order chi connectivity index (χ0) is 14.7. The smallest absolute Gasteiger partial charge is 0.142 e. The van der Waals surface area contributed by atoms with E-state index in [0.29, 0.717) is 5.56 Å². The fraction of sp³-hybridized carbons (Fsp3) is 0.250. The SMILES string of the molecule is Cc1cc([C@H](C)N)ccc1OCc1cccc(F)c1Cl. The van der Waals surface area contributed by atoms with Crippen molar-refractivity contribution >= 4 is 11.6 Å². The molecule has 0 fully saturated rings. The molecule has 1 atom stereocenters. The molecule has 2 rings (SSSR count). The summed E-state index contributed by atoms with van der Waals surface area (Å²) in [5.74, 6) is 0.312. The molecule has 0 bridgehead atoms. The van der Waals surface area contributed by atoms with E-state index in [1.165, 1.54) is 6.07 Å². The molecule has 0 unspecified atom stereocenters. The summed E-state index contributed by atoms with van der Waals surface area (Å²) in [6, 6.07) is 10.5. The molecule has 4 heteroatoms. The highest BCUT2D eigenvalue weighted by Crippen LogP contribution is 2.25. The van der Waals surface area contributed by atoms with Crippen molar-refractivity contribution in [2.75, 3.05) is 0 Å². The van der Waals surface area contributed by atoms with Crippen LogP contribution >= 0.6 is 11.6 Å². The second-order valence-corrected chi connectivity index (χ2v) is 5.19. The van der Waals surface area contributed by atoms with Crippen molar-refractivity contribution in [3.05, 3.63) is 63.9 Å². The van der Waals surface area contributed by atoms with Gasteiger partial charge in [-0.15, -0.1) is 0 Å². The molecule has 0 spiro atoms. The van der Waals surface area contributed by atoms with Gasteiger partial charge in [-0.1, -0.05) is 35.9 Å². The van der Waals surface area contributed by atoms with Gasteiger partial charge in [-0.25, -0.2) is 4.39 Å². The third kappa shape index (κ3) is 3.30. The second-order valence-electron chi connectivity index (χ2n) is 4.82. The van der Waals surface area contributed by atoms with Crippen molar-refractivity contribution in [3.8, 4) is 5.75 Å². The zero-order valence-corrected chi connectivity index (χ0v) is 12.2. The zero-order valence-electron chi connectivity index (χ0n) is 11.5. The first-order valence-corrected chi connectivity index (χ1v) is 6.78. The fourth-order valence-electron chi connectivity index (χ4n) is 1.93. The first-order valence-electron chi connectivity index (χ1n) is 6.41. The summed E-state index contributed by atoms with van der Waals surface area (Å²) < 4.78 is 19.0. The number of benzene rings is 2. The maximum Gasteiger partial charge on any atom is 0.142 e. The Morgan fingerprint density at radius 3 is 2.70 bits per heavy atom. The topological polar surface area (TPSA) is 35.2 Å². The minimum atomic E-state index is -0.434. The Labute approximate surface area is 123 Å². The number of nitrogens with two attached hydrogens (primary N) is 1. The Balaban J connectivity index is 2.13. The highest BCUT2D eigenvalue weighted by atomic mass is 35.5. The second kappa shape index (κ2) is 6.25. The normalized spacial score (nSPS) is 12.2. The van der Waals surface area contributed by atoms with Crippen LogP contribution in [0.4, 0.5) is 4.39 Å². The summed E-state index contributed by atoms with van der Waals surface area (Å²) in [7, 11) is 0. The molecule has 0 aromatic heterocycles. The van der Waals surface area contributed by atoms with Gasteiger partial charge >= 0.3 is 0 Å². The first kappa shape index (κ1) is 14.8. The minimum absolute atomic E-state index is 0.0135. The van der Waals surface area contributed by atoms with Crippen molar-refractivity contribution in [3.63, 3.8) is 0 Å². The quantitative estimate of drug-likeness (QED) is 0.907. The summed E-state index contributed by atoms with van der Waals surface area (Å²) in [5.41, 5.74) is 8.51. The van der Waals surface area contributed by atoms with Crippen LogP contribution in [0.5, 0.6) is 5.75 Å². The van der Waals surface area contributed by atoms with Crippen molar-refractivity contribution in [1.29, 1.82) is 0 Å². The summed E-state index contributed by atoms with van der Waals surface area (Å²) in [6.07, 6.45) is 0. The molecule has 2 aromatic carbocycles. The molecule has 0 aliphatic carbocycles. The first-order chi connectivity index (χ1) is 9.49. The number of aryl methyl sites for hydroxylation is 1. The predicted octanol–water partition coefficient (Wildman–Crippen LogP) is 4.39. The number of halogens is 2. The summed E-state index contributed by atoms with van der Waals surface area (Å²) in [6.45, 7) is 4.12. The van der Waals surface area contributed by atoms with Crippen LogP contribution in [-0.4, -0.2) is 0 Å². The van der Waals surface area contributed by atoms with Crippen LogP contribution in [0.2, 0.25) is 5.02 Å². The number of ether oxygens (including phenoxy) is 1. The van der Waals surface area contributed by atoms with Crippen LogP contribution < -0.4 is 10.5 Å². The Morgan fingerprint density at radius 1 is 1.30 bits per heavy atom. The molecule has 0 heterocycles. The molecular weight excluding hydrogens is 277 g/mol. The van der Waals surface area contributed by atoms with E-state index >= 15 is 0 Å². The third-order valence-electron chi connectivity index (χ3n) is 3.14. The average Bonchev–Trinajstić information content (AvgIpc) is 2.41. The largest absolute Gasteiger partial charge is 0.489 e. The Hall–Kier alpha value is -1.58. The summed E-state index contributed by atoms with van der Waals surface area (Å²) in [4.78, 5) is 0. The van der Waals surface area contributed by atoms with Gasteiger partial charge in [0.05, 0.1) is 5.02 Å². The van der Waals surface area contributed by atoms with E-state index < -0.39 is 5.82 Å². The monoisotopic (exact) mass is 293 g/mol. The minimum Gasteiger partial charge on any atom is -0.489 e. The highest BCUT2D eigenvalue weighted by Gasteiger charge is 2.08. The molecule has 0 aliphatic heterocycles. The van der Waals surface area contributed by atoms with E-state index in [0.717, 1.165) is 16.9 Å². The van der Waals surface area contributed by atoms with Crippen molar-refractivity contribution in [2.45, 2.75) is 26.5 Å². The van der Waals surface area contributed by atoms with E-state index in [9.17, 15) is 4.39 Å². The summed E-state index contributed by atoms with van der Waals surface area (Å²) >= 11 is 5.89. The third-order valence-corrected chi connectivity index (χ3v) is 3.56. The molecule has 2 nitrogen and oxygen atoms in total. The number of rotatable bonds is 4. The summed E-state index contributed by atoms with van der Waals surface area (Å²) in [5, 5.41) is 0.109. The molecule has 2 aromatic rings. The molecule has 20 heavy (non-hydrogen) atoms. The van der Waals surface area contributed by atoms with Crippen LogP contribution in [0.3, 0.4) is 0 Å². The molecule has 106 valence electrons. The Bertz CT molecular complexity index is 613. The van der Waals surface area contributed by atoms with Crippen molar-refractivity contribution in [1.82, 2.24) is 0 Å². The van der Waals surface area contributed by atoms with Gasteiger partial charge in [-0.3, -0.25) is 0 Å². The molecule has 0 amide bonds. The molecule has 2 N–H and O–H groups in total. The van der Waals surface area contributed by atoms with Crippen LogP contribution in [0.25, 0.3) is 0 Å². The lowest BCUT2D eigenvalue weighted by Crippen LogP contribution is -2.05. The maximum absolute atomic E-state index is 13.3. The van der Waals surface area contributed by atoms with Crippen molar-refractivity contribution < 1.29 is 9.13 Å². The van der Waals surface area contributed by atoms with Gasteiger partial charge in [0.2, 0.25) is 0 Å². The van der Waals surface area contributed by atoms with Crippen LogP contribution in [0.15, 0.2) is 36.4 Å². The number of hydrogen-bond acceptors (Lipinski definition) is 2. The van der Waals surface area contributed by atoms with Crippen LogP contribution in [0.1, 0.15) is 29.7 Å². The predicted molar refractivity (Wildman–Crippen MR) is 79.5 cm³/mol. The van der Waals surface area contributed by atoms with Gasteiger partial charge in [0.15, 0.2) is 0 Å². The number of hydrogen-bond donors (Lipinski definition) is 1. The van der Waals surface area contributed by atoms with Gasteiger partial charge in [-0.2, -0.15) is 0 Å². The Kier molecular flexibility index (Phi) is 4.63. The van der Waals surface area contributed by atoms with Crippen molar-refractivity contribution in [2.24, 2.45) is 5.73 Å².